The van der Waals surface area contributed by atoms with Crippen molar-refractivity contribution in [1.82, 2.24) is 4.90 Å². The highest BCUT2D eigenvalue weighted by molar-refractivity contribution is 5.98. The summed E-state index contributed by atoms with van der Waals surface area (Å²) < 4.78 is 0. The van der Waals surface area contributed by atoms with E-state index in [2.05, 4.69) is 0 Å². The number of piperidine rings is 1. The van der Waals surface area contributed by atoms with Crippen LogP contribution in [0, 0.1) is 0 Å². The Balaban J connectivity index is 2.00. The molecule has 5 heteroatoms. The number of carbonyl (C=O) groups is 1. The van der Waals surface area contributed by atoms with Gasteiger partial charge in [-0.1, -0.05) is 0 Å². The number of hydrogen-bond acceptors (Lipinski definition) is 5. The second-order valence-corrected chi connectivity index (χ2v) is 4.76. The lowest BCUT2D eigenvalue weighted by molar-refractivity contribution is 0.0908. The molecule has 0 spiro atoms. The molecule has 0 bridgehead atoms. The molecule has 98 valence electrons. The lowest BCUT2D eigenvalue weighted by atomic mass is 10.0. The summed E-state index contributed by atoms with van der Waals surface area (Å²) >= 11 is 0. The number of nitrogens with zero attached hydrogens (tertiary/aromatic N) is 1. The van der Waals surface area contributed by atoms with Crippen LogP contribution in [0.15, 0.2) is 18.2 Å². The molecule has 1 aromatic rings. The van der Waals surface area contributed by atoms with Crippen LogP contribution in [0.3, 0.4) is 0 Å². The summed E-state index contributed by atoms with van der Waals surface area (Å²) in [6.07, 6.45) is 2.01. The van der Waals surface area contributed by atoms with Gasteiger partial charge in [-0.3, -0.25) is 9.69 Å². The monoisotopic (exact) mass is 250 g/mol. The molecule has 1 saturated heterocycles. The minimum atomic E-state index is -0.267. The highest BCUT2D eigenvalue weighted by Gasteiger charge is 2.19. The third-order valence-electron chi connectivity index (χ3n) is 3.21. The van der Waals surface area contributed by atoms with E-state index in [0.717, 1.165) is 25.9 Å². The van der Waals surface area contributed by atoms with Crippen LogP contribution in [-0.2, 0) is 0 Å². The third-order valence-corrected chi connectivity index (χ3v) is 3.21. The zero-order chi connectivity index (χ0) is 13.1. The number of rotatable bonds is 3. The lowest BCUT2D eigenvalue weighted by Gasteiger charge is -2.29. The quantitative estimate of drug-likeness (QED) is 0.543. The van der Waals surface area contributed by atoms with Crippen LogP contribution < -0.4 is 5.73 Å². The van der Waals surface area contributed by atoms with Gasteiger partial charge in [-0.15, -0.1) is 0 Å². The standard InChI is InChI=1S/C13H18N2O3/c14-10-2-1-5-15(7-10)8-13(18)9-3-4-11(16)12(17)6-9/h3-4,6,10,16-17H,1-2,5,7-8,14H2. The molecular formula is C13H18N2O3. The van der Waals surface area contributed by atoms with Crippen LogP contribution in [-0.4, -0.2) is 46.6 Å². The van der Waals surface area contributed by atoms with Crippen molar-refractivity contribution in [3.05, 3.63) is 23.8 Å². The zero-order valence-electron chi connectivity index (χ0n) is 10.2. The number of Topliss-reactive ketones (excluding diaryl/α,β-unsaturated/α-hetero) is 1. The smallest absolute Gasteiger partial charge is 0.176 e. The molecule has 1 fully saturated rings. The number of phenols is 2. The summed E-state index contributed by atoms with van der Waals surface area (Å²) in [6.45, 7) is 1.91. The van der Waals surface area contributed by atoms with Crippen molar-refractivity contribution in [2.45, 2.75) is 18.9 Å². The minimum Gasteiger partial charge on any atom is -0.504 e. The molecule has 1 aliphatic rings. The average molecular weight is 250 g/mol. The fourth-order valence-electron chi connectivity index (χ4n) is 2.23. The van der Waals surface area contributed by atoms with Crippen molar-refractivity contribution >= 4 is 5.78 Å². The van der Waals surface area contributed by atoms with Crippen molar-refractivity contribution in [1.29, 1.82) is 0 Å². The Labute approximate surface area is 106 Å². The first-order valence-corrected chi connectivity index (χ1v) is 6.09. The van der Waals surface area contributed by atoms with Gasteiger partial charge in [0.05, 0.1) is 6.54 Å². The van der Waals surface area contributed by atoms with E-state index < -0.39 is 0 Å². The minimum absolute atomic E-state index is 0.0700. The maximum absolute atomic E-state index is 12.0. The van der Waals surface area contributed by atoms with Crippen molar-refractivity contribution in [3.8, 4) is 11.5 Å². The lowest BCUT2D eigenvalue weighted by Crippen LogP contribution is -2.44. The molecule has 4 N–H and O–H groups in total. The van der Waals surface area contributed by atoms with E-state index in [1.165, 1.54) is 18.2 Å². The van der Waals surface area contributed by atoms with Crippen LogP contribution in [0.25, 0.3) is 0 Å². The molecule has 18 heavy (non-hydrogen) atoms. The van der Waals surface area contributed by atoms with Gasteiger partial charge in [-0.05, 0) is 37.6 Å². The first kappa shape index (κ1) is 12.9. The molecule has 0 amide bonds. The number of nitrogens with two attached hydrogens (primary N) is 1. The molecular weight excluding hydrogens is 232 g/mol. The van der Waals surface area contributed by atoms with Gasteiger partial charge in [0.15, 0.2) is 17.3 Å². The fraction of sp³-hybridized carbons (Fsp3) is 0.462. The highest BCUT2D eigenvalue weighted by Crippen LogP contribution is 2.25. The number of benzene rings is 1. The Hall–Kier alpha value is -1.59. The first-order valence-electron chi connectivity index (χ1n) is 6.09. The number of hydrogen-bond donors (Lipinski definition) is 3. The number of likely N-dealkylation sites (tertiary alicyclic amines) is 1. The summed E-state index contributed by atoms with van der Waals surface area (Å²) in [4.78, 5) is 14.0. The van der Waals surface area contributed by atoms with E-state index in [1.807, 2.05) is 4.90 Å². The largest absolute Gasteiger partial charge is 0.504 e. The fourth-order valence-corrected chi connectivity index (χ4v) is 2.23. The summed E-state index contributed by atoms with van der Waals surface area (Å²) in [5, 5.41) is 18.6. The molecule has 1 heterocycles. The SMILES string of the molecule is NC1CCCN(CC(=O)c2ccc(O)c(O)c2)C1. The highest BCUT2D eigenvalue weighted by atomic mass is 16.3. The molecule has 1 unspecified atom stereocenters. The Morgan fingerprint density at radius 1 is 1.39 bits per heavy atom. The normalized spacial score (nSPS) is 20.8. The number of ketones is 1. The number of aromatic hydroxyl groups is 2. The third kappa shape index (κ3) is 3.00. The van der Waals surface area contributed by atoms with Gasteiger partial charge in [0.25, 0.3) is 0 Å². The maximum atomic E-state index is 12.0. The number of phenolic OH excluding ortho intramolecular Hbond substituents is 2. The molecule has 5 nitrogen and oxygen atoms in total. The van der Waals surface area contributed by atoms with Crippen LogP contribution in [0.5, 0.6) is 11.5 Å². The topological polar surface area (TPSA) is 86.8 Å². The second-order valence-electron chi connectivity index (χ2n) is 4.76. The summed E-state index contributed by atoms with van der Waals surface area (Å²) in [5.41, 5.74) is 6.26. The predicted octanol–water partition coefficient (Wildman–Crippen LogP) is 0.704. The van der Waals surface area contributed by atoms with Crippen molar-refractivity contribution in [3.63, 3.8) is 0 Å². The van der Waals surface area contributed by atoms with Gasteiger partial charge in [0, 0.05) is 18.2 Å². The molecule has 0 radical (unpaired) electrons. The van der Waals surface area contributed by atoms with Crippen LogP contribution in [0.2, 0.25) is 0 Å². The average Bonchev–Trinajstić information content (AvgIpc) is 2.32. The van der Waals surface area contributed by atoms with Crippen LogP contribution >= 0.6 is 0 Å². The van der Waals surface area contributed by atoms with Crippen molar-refractivity contribution in [2.24, 2.45) is 5.73 Å². The van der Waals surface area contributed by atoms with E-state index in [0.29, 0.717) is 12.1 Å². The van der Waals surface area contributed by atoms with E-state index in [9.17, 15) is 15.0 Å². The molecule has 0 aliphatic carbocycles. The Morgan fingerprint density at radius 3 is 2.83 bits per heavy atom. The molecule has 1 aromatic carbocycles. The number of carbonyl (C=O) groups excluding carboxylic acids is 1. The van der Waals surface area contributed by atoms with Gasteiger partial charge in [0.1, 0.15) is 0 Å². The molecule has 0 saturated carbocycles. The van der Waals surface area contributed by atoms with Crippen LogP contribution in [0.1, 0.15) is 23.2 Å². The van der Waals surface area contributed by atoms with E-state index in [1.54, 1.807) is 0 Å². The first-order chi connectivity index (χ1) is 8.56. The molecule has 2 rings (SSSR count). The van der Waals surface area contributed by atoms with E-state index in [4.69, 9.17) is 5.73 Å². The summed E-state index contributed by atoms with van der Waals surface area (Å²) in [7, 11) is 0. The van der Waals surface area contributed by atoms with Gasteiger partial charge in [0.2, 0.25) is 0 Å². The Bertz CT molecular complexity index is 448. The Morgan fingerprint density at radius 2 is 2.17 bits per heavy atom. The second kappa shape index (κ2) is 5.37. The van der Waals surface area contributed by atoms with Gasteiger partial charge in [-0.2, -0.15) is 0 Å². The van der Waals surface area contributed by atoms with Gasteiger partial charge < -0.3 is 15.9 Å². The molecule has 0 aromatic heterocycles. The van der Waals surface area contributed by atoms with Gasteiger partial charge in [-0.25, -0.2) is 0 Å². The van der Waals surface area contributed by atoms with Gasteiger partial charge >= 0.3 is 0 Å². The molecule has 1 aliphatic heterocycles. The maximum Gasteiger partial charge on any atom is 0.176 e. The van der Waals surface area contributed by atoms with Crippen molar-refractivity contribution in [2.75, 3.05) is 19.6 Å². The zero-order valence-corrected chi connectivity index (χ0v) is 10.2. The summed E-state index contributed by atoms with van der Waals surface area (Å²) in [6, 6.07) is 4.27. The van der Waals surface area contributed by atoms with E-state index >= 15 is 0 Å². The van der Waals surface area contributed by atoms with Crippen molar-refractivity contribution < 1.29 is 15.0 Å². The summed E-state index contributed by atoms with van der Waals surface area (Å²) in [5.74, 6) is -0.554. The Kier molecular flexibility index (Phi) is 3.84. The molecule has 1 atom stereocenters. The van der Waals surface area contributed by atoms with E-state index in [-0.39, 0.29) is 23.3 Å². The van der Waals surface area contributed by atoms with Crippen LogP contribution in [0.4, 0.5) is 0 Å². The predicted molar refractivity (Wildman–Crippen MR) is 67.8 cm³/mol.